The van der Waals surface area contributed by atoms with Crippen LogP contribution in [-0.2, 0) is 0 Å². The standard InChI is InChI=1S/C19H14BrF3N2O3/c1-10-13-8-11(20)6-7-15(13)28-16(10)18(27)25-14-5-3-2-4-12(14)17(26)24-9-19(21,22)23/h2-8H,9H2,1H3,(H,24,26)(H,25,27). The number of nitrogens with one attached hydrogen (secondary N) is 2. The van der Waals surface area contributed by atoms with E-state index < -0.39 is 24.5 Å². The van der Waals surface area contributed by atoms with Gasteiger partial charge in [0.2, 0.25) is 0 Å². The van der Waals surface area contributed by atoms with E-state index in [1.54, 1.807) is 30.4 Å². The molecule has 146 valence electrons. The predicted molar refractivity (Wildman–Crippen MR) is 101 cm³/mol. The van der Waals surface area contributed by atoms with E-state index >= 15 is 0 Å². The molecular formula is C19H14BrF3N2O3. The van der Waals surface area contributed by atoms with E-state index in [0.717, 1.165) is 9.86 Å². The zero-order valence-corrected chi connectivity index (χ0v) is 16.1. The Morgan fingerprint density at radius 2 is 1.82 bits per heavy atom. The van der Waals surface area contributed by atoms with Crippen LogP contribution in [0.2, 0.25) is 0 Å². The molecule has 0 saturated carbocycles. The van der Waals surface area contributed by atoms with E-state index in [4.69, 9.17) is 4.42 Å². The third-order valence-corrected chi connectivity index (χ3v) is 4.47. The molecule has 28 heavy (non-hydrogen) atoms. The predicted octanol–water partition coefficient (Wildman–Crippen LogP) is 5.05. The van der Waals surface area contributed by atoms with Gasteiger partial charge in [-0.2, -0.15) is 13.2 Å². The summed E-state index contributed by atoms with van der Waals surface area (Å²) in [6, 6.07) is 11.1. The average molecular weight is 455 g/mol. The van der Waals surface area contributed by atoms with Crippen LogP contribution in [0.3, 0.4) is 0 Å². The number of anilines is 1. The first-order valence-electron chi connectivity index (χ1n) is 8.09. The van der Waals surface area contributed by atoms with Crippen LogP contribution >= 0.6 is 15.9 Å². The summed E-state index contributed by atoms with van der Waals surface area (Å²) in [6.07, 6.45) is -4.53. The van der Waals surface area contributed by atoms with Gasteiger partial charge in [-0.1, -0.05) is 28.1 Å². The highest BCUT2D eigenvalue weighted by Crippen LogP contribution is 2.29. The van der Waals surface area contributed by atoms with Crippen LogP contribution in [0.5, 0.6) is 0 Å². The van der Waals surface area contributed by atoms with Crippen molar-refractivity contribution in [2.24, 2.45) is 0 Å². The molecule has 0 fully saturated rings. The second-order valence-corrected chi connectivity index (χ2v) is 6.91. The Kier molecular flexibility index (Phi) is 5.46. The number of halogens is 4. The summed E-state index contributed by atoms with van der Waals surface area (Å²) < 4.78 is 43.4. The molecule has 1 heterocycles. The quantitative estimate of drug-likeness (QED) is 0.579. The third-order valence-electron chi connectivity index (χ3n) is 3.97. The van der Waals surface area contributed by atoms with Crippen molar-refractivity contribution in [3.05, 3.63) is 63.8 Å². The minimum Gasteiger partial charge on any atom is -0.451 e. The van der Waals surface area contributed by atoms with Crippen LogP contribution in [0.1, 0.15) is 26.5 Å². The molecule has 5 nitrogen and oxygen atoms in total. The number of benzene rings is 2. The molecule has 2 amide bonds. The van der Waals surface area contributed by atoms with E-state index in [1.807, 2.05) is 6.07 Å². The third kappa shape index (κ3) is 4.36. The van der Waals surface area contributed by atoms with E-state index in [2.05, 4.69) is 21.2 Å². The number of amides is 2. The number of para-hydroxylation sites is 1. The molecule has 3 aromatic rings. The summed E-state index contributed by atoms with van der Waals surface area (Å²) in [5.74, 6) is -1.50. The summed E-state index contributed by atoms with van der Waals surface area (Å²) in [5.41, 5.74) is 1.11. The van der Waals surface area contributed by atoms with Gasteiger partial charge in [0.05, 0.1) is 11.3 Å². The first-order chi connectivity index (χ1) is 13.2. The lowest BCUT2D eigenvalue weighted by atomic mass is 10.1. The van der Waals surface area contributed by atoms with E-state index in [0.29, 0.717) is 11.1 Å². The first kappa shape index (κ1) is 19.9. The van der Waals surface area contributed by atoms with E-state index in [1.165, 1.54) is 18.2 Å². The Balaban J connectivity index is 1.85. The number of hydrogen-bond donors (Lipinski definition) is 2. The van der Waals surface area contributed by atoms with E-state index in [-0.39, 0.29) is 17.0 Å². The summed E-state index contributed by atoms with van der Waals surface area (Å²) in [5, 5.41) is 5.07. The van der Waals surface area contributed by atoms with Gasteiger partial charge in [-0.25, -0.2) is 0 Å². The number of aryl methyl sites for hydroxylation is 1. The maximum absolute atomic E-state index is 12.7. The second kappa shape index (κ2) is 7.67. The number of fused-ring (bicyclic) bond motifs is 1. The Labute approximate surface area is 166 Å². The molecule has 0 saturated heterocycles. The smallest absolute Gasteiger partial charge is 0.405 e. The molecule has 0 aliphatic carbocycles. The van der Waals surface area contributed by atoms with Gasteiger partial charge in [-0.3, -0.25) is 9.59 Å². The summed E-state index contributed by atoms with van der Waals surface area (Å²) in [6.45, 7) is 0.251. The first-order valence-corrected chi connectivity index (χ1v) is 8.89. The molecule has 2 N–H and O–H groups in total. The molecule has 0 spiro atoms. The summed E-state index contributed by atoms with van der Waals surface area (Å²) in [4.78, 5) is 24.7. The van der Waals surface area contributed by atoms with Crippen LogP contribution in [0.15, 0.2) is 51.4 Å². The Hall–Kier alpha value is -2.81. The number of alkyl halides is 3. The summed E-state index contributed by atoms with van der Waals surface area (Å²) in [7, 11) is 0. The topological polar surface area (TPSA) is 71.3 Å². The Morgan fingerprint density at radius 1 is 1.11 bits per heavy atom. The zero-order valence-electron chi connectivity index (χ0n) is 14.5. The average Bonchev–Trinajstić information content (AvgIpc) is 2.96. The lowest BCUT2D eigenvalue weighted by Gasteiger charge is -2.12. The highest BCUT2D eigenvalue weighted by molar-refractivity contribution is 9.10. The van der Waals surface area contributed by atoms with Crippen molar-refractivity contribution in [3.8, 4) is 0 Å². The van der Waals surface area contributed by atoms with Crippen molar-refractivity contribution in [1.82, 2.24) is 5.32 Å². The molecule has 2 aromatic carbocycles. The van der Waals surface area contributed by atoms with Crippen molar-refractivity contribution in [2.75, 3.05) is 11.9 Å². The number of furan rings is 1. The number of rotatable bonds is 4. The molecule has 0 atom stereocenters. The maximum Gasteiger partial charge on any atom is 0.405 e. The van der Waals surface area contributed by atoms with Crippen LogP contribution < -0.4 is 10.6 Å². The van der Waals surface area contributed by atoms with Gasteiger partial charge >= 0.3 is 6.18 Å². The van der Waals surface area contributed by atoms with Gasteiger partial charge in [0.25, 0.3) is 11.8 Å². The lowest BCUT2D eigenvalue weighted by molar-refractivity contribution is -0.123. The van der Waals surface area contributed by atoms with Crippen LogP contribution in [-0.4, -0.2) is 24.5 Å². The lowest BCUT2D eigenvalue weighted by Crippen LogP contribution is -2.34. The molecule has 0 aliphatic rings. The van der Waals surface area contributed by atoms with Gasteiger partial charge in [0, 0.05) is 15.4 Å². The van der Waals surface area contributed by atoms with Gasteiger partial charge in [0.1, 0.15) is 12.1 Å². The largest absolute Gasteiger partial charge is 0.451 e. The van der Waals surface area contributed by atoms with Crippen LogP contribution in [0.4, 0.5) is 18.9 Å². The Bertz CT molecular complexity index is 1060. The number of carbonyl (C=O) groups excluding carboxylic acids is 2. The van der Waals surface area contributed by atoms with Crippen molar-refractivity contribution in [3.63, 3.8) is 0 Å². The monoisotopic (exact) mass is 454 g/mol. The van der Waals surface area contributed by atoms with Gasteiger partial charge in [-0.05, 0) is 37.3 Å². The second-order valence-electron chi connectivity index (χ2n) is 5.99. The van der Waals surface area contributed by atoms with Gasteiger partial charge < -0.3 is 15.1 Å². The molecular weight excluding hydrogens is 441 g/mol. The maximum atomic E-state index is 12.7. The minimum absolute atomic E-state index is 0.0543. The van der Waals surface area contributed by atoms with Gasteiger partial charge in [0.15, 0.2) is 5.76 Å². The Morgan fingerprint density at radius 3 is 2.54 bits per heavy atom. The SMILES string of the molecule is Cc1c(C(=O)Nc2ccccc2C(=O)NCC(F)(F)F)oc2ccc(Br)cc12. The van der Waals surface area contributed by atoms with Crippen molar-refractivity contribution >= 4 is 44.4 Å². The molecule has 0 unspecified atom stereocenters. The highest BCUT2D eigenvalue weighted by atomic mass is 79.9. The van der Waals surface area contributed by atoms with Gasteiger partial charge in [-0.15, -0.1) is 0 Å². The molecule has 0 radical (unpaired) electrons. The molecule has 0 bridgehead atoms. The fourth-order valence-corrected chi connectivity index (χ4v) is 3.02. The van der Waals surface area contributed by atoms with Crippen molar-refractivity contribution in [1.29, 1.82) is 0 Å². The molecule has 0 aliphatic heterocycles. The summed E-state index contributed by atoms with van der Waals surface area (Å²) >= 11 is 3.35. The molecule has 1 aromatic heterocycles. The highest BCUT2D eigenvalue weighted by Gasteiger charge is 2.28. The molecule has 9 heteroatoms. The van der Waals surface area contributed by atoms with Crippen LogP contribution in [0, 0.1) is 6.92 Å². The number of hydrogen-bond acceptors (Lipinski definition) is 3. The number of carbonyl (C=O) groups is 2. The van der Waals surface area contributed by atoms with Crippen molar-refractivity contribution in [2.45, 2.75) is 13.1 Å². The minimum atomic E-state index is -4.53. The van der Waals surface area contributed by atoms with E-state index in [9.17, 15) is 22.8 Å². The fourth-order valence-electron chi connectivity index (χ4n) is 2.65. The normalized spacial score (nSPS) is 11.5. The van der Waals surface area contributed by atoms with Crippen molar-refractivity contribution < 1.29 is 27.2 Å². The van der Waals surface area contributed by atoms with Crippen LogP contribution in [0.25, 0.3) is 11.0 Å². The fraction of sp³-hybridized carbons (Fsp3) is 0.158. The molecule has 3 rings (SSSR count). The zero-order chi connectivity index (χ0) is 20.5.